The number of hydrogen-bond acceptors (Lipinski definition) is 4. The molecule has 2 rings (SSSR count). The summed E-state index contributed by atoms with van der Waals surface area (Å²) in [5, 5.41) is 14.9. The number of aromatic nitrogens is 3. The Morgan fingerprint density at radius 1 is 1.53 bits per heavy atom. The van der Waals surface area contributed by atoms with Crippen LogP contribution < -0.4 is 5.32 Å². The third-order valence-corrected chi connectivity index (χ3v) is 2.38. The van der Waals surface area contributed by atoms with Crippen LogP contribution in [0.2, 0.25) is 0 Å². The van der Waals surface area contributed by atoms with E-state index in [1.807, 2.05) is 6.07 Å². The minimum atomic E-state index is -1.36. The van der Waals surface area contributed by atoms with Gasteiger partial charge in [-0.2, -0.15) is 14.8 Å². The van der Waals surface area contributed by atoms with Gasteiger partial charge in [0.2, 0.25) is 5.95 Å². The summed E-state index contributed by atoms with van der Waals surface area (Å²) in [7, 11) is 1.50. The number of aryl methyl sites for hydroxylation is 1. The highest BCUT2D eigenvalue weighted by Gasteiger charge is 2.18. The van der Waals surface area contributed by atoms with Gasteiger partial charge in [-0.1, -0.05) is 0 Å². The van der Waals surface area contributed by atoms with E-state index in [2.05, 4.69) is 15.4 Å². The monoisotopic (exact) mass is 263 g/mol. The van der Waals surface area contributed by atoms with Crippen LogP contribution in [0.1, 0.15) is 15.9 Å². The van der Waals surface area contributed by atoms with Crippen molar-refractivity contribution in [1.82, 2.24) is 14.8 Å². The summed E-state index contributed by atoms with van der Waals surface area (Å²) >= 11 is 0. The van der Waals surface area contributed by atoms with E-state index in [1.54, 1.807) is 0 Å². The van der Waals surface area contributed by atoms with Crippen molar-refractivity contribution in [1.29, 1.82) is 5.26 Å². The van der Waals surface area contributed by atoms with E-state index in [0.717, 1.165) is 12.3 Å². The Hall–Kier alpha value is -2.82. The Kier molecular flexibility index (Phi) is 3.20. The first-order valence-electron chi connectivity index (χ1n) is 5.08. The first kappa shape index (κ1) is 12.6. The topological polar surface area (TPSA) is 83.6 Å². The van der Waals surface area contributed by atoms with E-state index in [4.69, 9.17) is 5.26 Å². The Bertz CT molecular complexity index is 689. The van der Waals surface area contributed by atoms with Gasteiger partial charge in [0.05, 0.1) is 11.8 Å². The van der Waals surface area contributed by atoms with Gasteiger partial charge in [-0.25, -0.2) is 9.37 Å². The molecule has 0 saturated heterocycles. The van der Waals surface area contributed by atoms with Gasteiger partial charge in [-0.3, -0.25) is 9.48 Å². The molecule has 0 radical (unpaired) electrons. The normalized spacial score (nSPS) is 10.0. The molecule has 6 nitrogen and oxygen atoms in total. The second kappa shape index (κ2) is 4.81. The molecular formula is C11H7F2N5O. The smallest absolute Gasteiger partial charge is 0.260 e. The second-order valence-electron chi connectivity index (χ2n) is 3.56. The van der Waals surface area contributed by atoms with Crippen LogP contribution in [0.5, 0.6) is 0 Å². The van der Waals surface area contributed by atoms with Gasteiger partial charge in [0, 0.05) is 13.2 Å². The summed E-state index contributed by atoms with van der Waals surface area (Å²) in [4.78, 5) is 14.9. The van der Waals surface area contributed by atoms with Crippen molar-refractivity contribution in [3.05, 3.63) is 41.4 Å². The number of amides is 1. The standard InChI is InChI=1S/C11H7F2N5O/c1-18-10(6(4-14)5-16-18)17-11(19)7-2-3-15-9(13)8(7)12/h2-3,5H,1H3,(H,17,19). The summed E-state index contributed by atoms with van der Waals surface area (Å²) in [5.74, 6) is -3.50. The molecule has 1 N–H and O–H groups in total. The summed E-state index contributed by atoms with van der Waals surface area (Å²) < 4.78 is 27.5. The van der Waals surface area contributed by atoms with Crippen LogP contribution >= 0.6 is 0 Å². The molecule has 0 unspecified atom stereocenters. The number of anilines is 1. The maximum Gasteiger partial charge on any atom is 0.260 e. The first-order chi connectivity index (χ1) is 9.04. The average molecular weight is 263 g/mol. The van der Waals surface area contributed by atoms with Crippen LogP contribution in [-0.2, 0) is 7.05 Å². The minimum absolute atomic E-state index is 0.101. The molecule has 0 spiro atoms. The number of nitriles is 1. The summed E-state index contributed by atoms with van der Waals surface area (Å²) in [6, 6.07) is 2.86. The fraction of sp³-hybridized carbons (Fsp3) is 0.0909. The van der Waals surface area contributed by atoms with Crippen LogP contribution in [0.4, 0.5) is 14.6 Å². The average Bonchev–Trinajstić information content (AvgIpc) is 2.74. The fourth-order valence-corrected chi connectivity index (χ4v) is 1.44. The molecule has 8 heteroatoms. The maximum atomic E-state index is 13.4. The van der Waals surface area contributed by atoms with E-state index >= 15 is 0 Å². The molecular weight excluding hydrogens is 256 g/mol. The minimum Gasteiger partial charge on any atom is -0.306 e. The zero-order valence-corrected chi connectivity index (χ0v) is 9.69. The number of nitrogens with one attached hydrogen (secondary N) is 1. The van der Waals surface area contributed by atoms with E-state index < -0.39 is 23.2 Å². The molecule has 2 aromatic rings. The number of nitrogens with zero attached hydrogens (tertiary/aromatic N) is 4. The van der Waals surface area contributed by atoms with Crippen molar-refractivity contribution < 1.29 is 13.6 Å². The van der Waals surface area contributed by atoms with E-state index in [0.29, 0.717) is 0 Å². The molecule has 2 heterocycles. The van der Waals surface area contributed by atoms with Gasteiger partial charge in [-0.15, -0.1) is 0 Å². The van der Waals surface area contributed by atoms with Crippen LogP contribution in [0.15, 0.2) is 18.5 Å². The van der Waals surface area contributed by atoms with Crippen LogP contribution in [0.3, 0.4) is 0 Å². The van der Waals surface area contributed by atoms with Crippen molar-refractivity contribution in [3.8, 4) is 6.07 Å². The van der Waals surface area contributed by atoms with Gasteiger partial charge in [0.25, 0.3) is 5.91 Å². The molecule has 2 aromatic heterocycles. The third kappa shape index (κ3) is 2.26. The van der Waals surface area contributed by atoms with Crippen molar-refractivity contribution in [3.63, 3.8) is 0 Å². The lowest BCUT2D eigenvalue weighted by Gasteiger charge is -2.06. The highest BCUT2D eigenvalue weighted by Crippen LogP contribution is 2.15. The van der Waals surface area contributed by atoms with Gasteiger partial charge < -0.3 is 5.32 Å². The maximum absolute atomic E-state index is 13.4. The largest absolute Gasteiger partial charge is 0.306 e. The van der Waals surface area contributed by atoms with Gasteiger partial charge >= 0.3 is 0 Å². The van der Waals surface area contributed by atoms with Gasteiger partial charge in [0.1, 0.15) is 17.5 Å². The molecule has 0 aliphatic carbocycles. The van der Waals surface area contributed by atoms with Crippen molar-refractivity contribution in [2.45, 2.75) is 0 Å². The molecule has 0 atom stereocenters. The Morgan fingerprint density at radius 3 is 2.95 bits per heavy atom. The summed E-state index contributed by atoms with van der Waals surface area (Å²) in [6.45, 7) is 0. The number of carbonyl (C=O) groups excluding carboxylic acids is 1. The zero-order valence-electron chi connectivity index (χ0n) is 9.69. The SMILES string of the molecule is Cn1ncc(C#N)c1NC(=O)c1ccnc(F)c1F. The summed E-state index contributed by atoms with van der Waals surface area (Å²) in [6.07, 6.45) is 2.22. The van der Waals surface area contributed by atoms with Crippen LogP contribution in [0, 0.1) is 23.1 Å². The Morgan fingerprint density at radius 2 is 2.26 bits per heavy atom. The Balaban J connectivity index is 2.34. The summed E-state index contributed by atoms with van der Waals surface area (Å²) in [5.41, 5.74) is -0.386. The first-order valence-corrected chi connectivity index (χ1v) is 5.08. The highest BCUT2D eigenvalue weighted by molar-refractivity contribution is 6.04. The lowest BCUT2D eigenvalue weighted by atomic mass is 10.2. The highest BCUT2D eigenvalue weighted by atomic mass is 19.2. The second-order valence-corrected chi connectivity index (χ2v) is 3.56. The van der Waals surface area contributed by atoms with Gasteiger partial charge in [0.15, 0.2) is 5.82 Å². The Labute approximate surface area is 106 Å². The molecule has 0 aromatic carbocycles. The van der Waals surface area contributed by atoms with Gasteiger partial charge in [-0.05, 0) is 6.07 Å². The predicted octanol–water partition coefficient (Wildman–Crippen LogP) is 1.22. The van der Waals surface area contributed by atoms with E-state index in [9.17, 15) is 13.6 Å². The lowest BCUT2D eigenvalue weighted by molar-refractivity contribution is 0.102. The number of hydrogen-bond donors (Lipinski definition) is 1. The zero-order chi connectivity index (χ0) is 14.0. The number of carbonyl (C=O) groups is 1. The van der Waals surface area contributed by atoms with E-state index in [-0.39, 0.29) is 11.4 Å². The lowest BCUT2D eigenvalue weighted by Crippen LogP contribution is -2.17. The van der Waals surface area contributed by atoms with Crippen LogP contribution in [-0.4, -0.2) is 20.7 Å². The molecule has 19 heavy (non-hydrogen) atoms. The quantitative estimate of drug-likeness (QED) is 0.825. The van der Waals surface area contributed by atoms with Crippen LogP contribution in [0.25, 0.3) is 0 Å². The predicted molar refractivity (Wildman–Crippen MR) is 60.0 cm³/mol. The molecule has 96 valence electrons. The molecule has 0 bridgehead atoms. The number of pyridine rings is 1. The molecule has 0 aliphatic heterocycles. The molecule has 1 amide bonds. The number of rotatable bonds is 2. The van der Waals surface area contributed by atoms with Crippen molar-refractivity contribution >= 4 is 11.7 Å². The number of halogens is 2. The molecule has 0 saturated carbocycles. The molecule has 0 aliphatic rings. The fourth-order valence-electron chi connectivity index (χ4n) is 1.44. The third-order valence-electron chi connectivity index (χ3n) is 2.38. The molecule has 0 fully saturated rings. The van der Waals surface area contributed by atoms with E-state index in [1.165, 1.54) is 17.9 Å². The van der Waals surface area contributed by atoms with Crippen molar-refractivity contribution in [2.24, 2.45) is 7.05 Å². The van der Waals surface area contributed by atoms with Crippen molar-refractivity contribution in [2.75, 3.05) is 5.32 Å².